The van der Waals surface area contributed by atoms with Gasteiger partial charge >= 0.3 is 0 Å². The highest BCUT2D eigenvalue weighted by Gasteiger charge is 2.43. The van der Waals surface area contributed by atoms with Gasteiger partial charge in [0.05, 0.1) is 23.1 Å². The number of carbonyl (C=O) groups excluding carboxylic acids is 2. The summed E-state index contributed by atoms with van der Waals surface area (Å²) >= 11 is 1.27. The van der Waals surface area contributed by atoms with E-state index in [4.69, 9.17) is 9.47 Å². The van der Waals surface area contributed by atoms with E-state index in [1.54, 1.807) is 47.9 Å². The minimum atomic E-state index is -0.718. The Morgan fingerprint density at radius 2 is 2.18 bits per heavy atom. The van der Waals surface area contributed by atoms with Gasteiger partial charge in [-0.15, -0.1) is 11.3 Å². The Kier molecular flexibility index (Phi) is 6.28. The highest BCUT2D eigenvalue weighted by molar-refractivity contribution is 7.12. The van der Waals surface area contributed by atoms with E-state index in [9.17, 15) is 14.7 Å². The van der Waals surface area contributed by atoms with Gasteiger partial charge in [0, 0.05) is 13.7 Å². The molecule has 1 aromatic heterocycles. The Bertz CT molecular complexity index is 903. The van der Waals surface area contributed by atoms with Crippen molar-refractivity contribution in [2.24, 2.45) is 0 Å². The largest absolute Gasteiger partial charge is 0.503 e. The van der Waals surface area contributed by atoms with Crippen LogP contribution >= 0.6 is 11.3 Å². The SMILES string of the molecule is C=CCOc1cccc(C2C(C(=O)c3cccs3)=C(O)C(=O)N2CCOC)c1. The number of ketones is 1. The lowest BCUT2D eigenvalue weighted by molar-refractivity contribution is -0.130. The molecule has 1 unspecified atom stereocenters. The first-order chi connectivity index (χ1) is 13.6. The fraction of sp³-hybridized carbons (Fsp3) is 0.238. The molecule has 1 atom stereocenters. The number of ether oxygens (including phenoxy) is 2. The Balaban J connectivity index is 2.04. The van der Waals surface area contributed by atoms with Gasteiger partial charge in [0.2, 0.25) is 5.78 Å². The summed E-state index contributed by atoms with van der Waals surface area (Å²) in [6.07, 6.45) is 1.63. The van der Waals surface area contributed by atoms with E-state index in [0.29, 0.717) is 22.8 Å². The van der Waals surface area contributed by atoms with E-state index in [-0.39, 0.29) is 24.5 Å². The van der Waals surface area contributed by atoms with Gasteiger partial charge in [0.1, 0.15) is 12.4 Å². The summed E-state index contributed by atoms with van der Waals surface area (Å²) in [5.41, 5.74) is 0.749. The fourth-order valence-electron chi connectivity index (χ4n) is 3.12. The smallest absolute Gasteiger partial charge is 0.290 e. The van der Waals surface area contributed by atoms with Crippen LogP contribution in [0, 0.1) is 0 Å². The van der Waals surface area contributed by atoms with Crippen molar-refractivity contribution in [1.29, 1.82) is 0 Å². The summed E-state index contributed by atoms with van der Waals surface area (Å²) in [6, 6.07) is 9.86. The van der Waals surface area contributed by atoms with Crippen molar-refractivity contribution in [2.75, 3.05) is 26.9 Å². The average molecular weight is 399 g/mol. The molecule has 0 bridgehead atoms. The molecule has 2 heterocycles. The van der Waals surface area contributed by atoms with E-state index >= 15 is 0 Å². The third-order valence-corrected chi connectivity index (χ3v) is 5.24. The number of carbonyl (C=O) groups is 2. The highest BCUT2D eigenvalue weighted by atomic mass is 32.1. The first-order valence-corrected chi connectivity index (χ1v) is 9.61. The van der Waals surface area contributed by atoms with Gasteiger partial charge in [-0.3, -0.25) is 9.59 Å². The highest BCUT2D eigenvalue weighted by Crippen LogP contribution is 2.40. The van der Waals surface area contributed by atoms with Crippen LogP contribution in [0.3, 0.4) is 0 Å². The molecule has 0 spiro atoms. The Hall–Kier alpha value is -2.90. The quantitative estimate of drug-likeness (QED) is 0.516. The molecule has 7 heteroatoms. The van der Waals surface area contributed by atoms with Crippen molar-refractivity contribution in [3.8, 4) is 5.75 Å². The Labute approximate surface area is 167 Å². The van der Waals surface area contributed by atoms with Crippen LogP contribution in [0.4, 0.5) is 0 Å². The van der Waals surface area contributed by atoms with Crippen molar-refractivity contribution in [2.45, 2.75) is 6.04 Å². The van der Waals surface area contributed by atoms with Crippen molar-refractivity contribution >= 4 is 23.0 Å². The average Bonchev–Trinajstić information content (AvgIpc) is 3.33. The summed E-state index contributed by atoms with van der Waals surface area (Å²) in [5.74, 6) is -0.870. The van der Waals surface area contributed by atoms with Gasteiger partial charge in [-0.25, -0.2) is 0 Å². The number of aliphatic hydroxyl groups is 1. The normalized spacial score (nSPS) is 16.5. The van der Waals surface area contributed by atoms with Crippen LogP contribution in [0.2, 0.25) is 0 Å². The molecule has 1 aromatic carbocycles. The monoisotopic (exact) mass is 399 g/mol. The third-order valence-electron chi connectivity index (χ3n) is 4.37. The second-order valence-electron chi connectivity index (χ2n) is 6.13. The van der Waals surface area contributed by atoms with Crippen LogP contribution in [0.15, 0.2) is 65.8 Å². The van der Waals surface area contributed by atoms with E-state index < -0.39 is 17.7 Å². The molecule has 0 fully saturated rings. The van der Waals surface area contributed by atoms with Gasteiger partial charge < -0.3 is 19.5 Å². The summed E-state index contributed by atoms with van der Waals surface area (Å²) in [4.78, 5) is 27.7. The molecule has 28 heavy (non-hydrogen) atoms. The number of benzene rings is 1. The molecule has 0 radical (unpaired) electrons. The van der Waals surface area contributed by atoms with Crippen LogP contribution in [-0.2, 0) is 9.53 Å². The van der Waals surface area contributed by atoms with Gasteiger partial charge in [-0.05, 0) is 29.1 Å². The second kappa shape index (κ2) is 8.86. The lowest BCUT2D eigenvalue weighted by Gasteiger charge is -2.26. The number of nitrogens with zero attached hydrogens (tertiary/aromatic N) is 1. The number of hydrogen-bond donors (Lipinski definition) is 1. The molecule has 2 aromatic rings. The van der Waals surface area contributed by atoms with Gasteiger partial charge in [0.15, 0.2) is 5.76 Å². The van der Waals surface area contributed by atoms with Crippen LogP contribution in [0.5, 0.6) is 5.75 Å². The maximum absolute atomic E-state index is 13.1. The van der Waals surface area contributed by atoms with Crippen molar-refractivity contribution < 1.29 is 24.2 Å². The molecular weight excluding hydrogens is 378 g/mol. The maximum atomic E-state index is 13.1. The number of rotatable bonds is 9. The topological polar surface area (TPSA) is 76.1 Å². The number of amides is 1. The number of Topliss-reactive ketones (excluding diaryl/α,β-unsaturated/α-hetero) is 1. The zero-order valence-electron chi connectivity index (χ0n) is 15.5. The lowest BCUT2D eigenvalue weighted by atomic mass is 9.95. The molecule has 1 aliphatic heterocycles. The summed E-state index contributed by atoms with van der Waals surface area (Å²) < 4.78 is 10.7. The third kappa shape index (κ3) is 3.85. The van der Waals surface area contributed by atoms with Crippen molar-refractivity contribution in [3.05, 3.63) is 76.2 Å². The molecular formula is C21H21NO5S. The van der Waals surface area contributed by atoms with E-state index in [2.05, 4.69) is 6.58 Å². The fourth-order valence-corrected chi connectivity index (χ4v) is 3.80. The van der Waals surface area contributed by atoms with E-state index in [1.807, 2.05) is 0 Å². The zero-order valence-corrected chi connectivity index (χ0v) is 16.3. The van der Waals surface area contributed by atoms with Crippen molar-refractivity contribution in [1.82, 2.24) is 4.90 Å². The lowest BCUT2D eigenvalue weighted by Crippen LogP contribution is -2.34. The molecule has 3 rings (SSSR count). The number of thiophene rings is 1. The first kappa shape index (κ1) is 19.9. The van der Waals surface area contributed by atoms with Gasteiger partial charge in [0.25, 0.3) is 5.91 Å². The van der Waals surface area contributed by atoms with Crippen LogP contribution < -0.4 is 4.74 Å². The molecule has 146 valence electrons. The molecule has 6 nitrogen and oxygen atoms in total. The Morgan fingerprint density at radius 1 is 1.36 bits per heavy atom. The number of methoxy groups -OCH3 is 1. The van der Waals surface area contributed by atoms with Crippen molar-refractivity contribution in [3.63, 3.8) is 0 Å². The second-order valence-corrected chi connectivity index (χ2v) is 7.08. The molecule has 0 saturated heterocycles. The molecule has 1 N–H and O–H groups in total. The van der Waals surface area contributed by atoms with E-state index in [1.165, 1.54) is 23.3 Å². The number of hydrogen-bond acceptors (Lipinski definition) is 6. The Morgan fingerprint density at radius 3 is 2.86 bits per heavy atom. The molecule has 0 saturated carbocycles. The standard InChI is InChI=1S/C21H21NO5S/c1-3-10-27-15-7-4-6-14(13-15)18-17(19(23)16-8-5-12-28-16)20(24)21(25)22(18)9-11-26-2/h3-8,12-13,18,24H,1,9-11H2,2H3. The van der Waals surface area contributed by atoms with Gasteiger partial charge in [-0.1, -0.05) is 30.9 Å². The molecule has 1 aliphatic rings. The predicted octanol–water partition coefficient (Wildman–Crippen LogP) is 3.54. The van der Waals surface area contributed by atoms with Gasteiger partial charge in [-0.2, -0.15) is 0 Å². The summed E-state index contributed by atoms with van der Waals surface area (Å²) in [6.45, 7) is 4.48. The van der Waals surface area contributed by atoms with E-state index in [0.717, 1.165) is 0 Å². The van der Waals surface area contributed by atoms with Crippen LogP contribution in [0.1, 0.15) is 21.3 Å². The minimum absolute atomic E-state index is 0.0735. The zero-order chi connectivity index (χ0) is 20.1. The predicted molar refractivity (Wildman–Crippen MR) is 107 cm³/mol. The molecule has 1 amide bonds. The van der Waals surface area contributed by atoms with Crippen LogP contribution in [-0.4, -0.2) is 48.6 Å². The minimum Gasteiger partial charge on any atom is -0.503 e. The summed E-state index contributed by atoms with van der Waals surface area (Å²) in [5, 5.41) is 12.3. The summed E-state index contributed by atoms with van der Waals surface area (Å²) in [7, 11) is 1.53. The first-order valence-electron chi connectivity index (χ1n) is 8.73. The number of aliphatic hydroxyl groups excluding tert-OH is 1. The van der Waals surface area contributed by atoms with Crippen LogP contribution in [0.25, 0.3) is 0 Å². The maximum Gasteiger partial charge on any atom is 0.290 e. The molecule has 0 aliphatic carbocycles.